The second kappa shape index (κ2) is 5.61. The van der Waals surface area contributed by atoms with E-state index in [1.165, 1.54) is 35.2 Å². The average molecular weight is 320 g/mol. The zero-order valence-corrected chi connectivity index (χ0v) is 13.2. The lowest BCUT2D eigenvalue weighted by atomic mass is 10.2. The van der Waals surface area contributed by atoms with Crippen molar-refractivity contribution in [3.05, 3.63) is 56.4 Å². The third-order valence-corrected chi connectivity index (χ3v) is 5.33. The summed E-state index contributed by atoms with van der Waals surface area (Å²) < 4.78 is 13.1. The second-order valence-corrected chi connectivity index (χ2v) is 6.92. The van der Waals surface area contributed by atoms with Crippen LogP contribution >= 0.6 is 23.1 Å². The third kappa shape index (κ3) is 2.87. The highest BCUT2D eigenvalue weighted by Crippen LogP contribution is 2.28. The van der Waals surface area contributed by atoms with Crippen LogP contribution in [0.1, 0.15) is 16.0 Å². The van der Waals surface area contributed by atoms with Crippen molar-refractivity contribution in [1.29, 1.82) is 0 Å². The first kappa shape index (κ1) is 14.3. The Bertz CT molecular complexity index is 870. The Morgan fingerprint density at radius 2 is 2.19 bits per heavy atom. The second-order valence-electron chi connectivity index (χ2n) is 4.75. The van der Waals surface area contributed by atoms with Gasteiger partial charge in [-0.15, -0.1) is 11.3 Å². The molecule has 3 nitrogen and oxygen atoms in total. The fourth-order valence-electron chi connectivity index (χ4n) is 2.08. The SMILES string of the molecule is Cc1sc2nc(SCc3cccc(F)c3)[nH]c(=O)c2c1C. The lowest BCUT2D eigenvalue weighted by molar-refractivity contribution is 0.626. The molecule has 0 atom stereocenters. The van der Waals surface area contributed by atoms with Crippen molar-refractivity contribution in [2.75, 3.05) is 0 Å². The Kier molecular flexibility index (Phi) is 3.82. The van der Waals surface area contributed by atoms with Gasteiger partial charge in [-0.25, -0.2) is 9.37 Å². The Balaban J connectivity index is 1.90. The van der Waals surface area contributed by atoms with Crippen molar-refractivity contribution in [1.82, 2.24) is 9.97 Å². The maximum Gasteiger partial charge on any atom is 0.260 e. The van der Waals surface area contributed by atoms with E-state index >= 15 is 0 Å². The van der Waals surface area contributed by atoms with Crippen LogP contribution in [0.5, 0.6) is 0 Å². The normalized spacial score (nSPS) is 11.2. The predicted octanol–water partition coefficient (Wildman–Crippen LogP) is 4.03. The van der Waals surface area contributed by atoms with Crippen LogP contribution in [-0.4, -0.2) is 9.97 Å². The summed E-state index contributed by atoms with van der Waals surface area (Å²) in [6, 6.07) is 6.43. The van der Waals surface area contributed by atoms with Gasteiger partial charge < -0.3 is 4.98 Å². The van der Waals surface area contributed by atoms with E-state index < -0.39 is 0 Å². The number of hydrogen-bond donors (Lipinski definition) is 1. The molecule has 0 unspecified atom stereocenters. The molecule has 108 valence electrons. The number of aryl methyl sites for hydroxylation is 2. The van der Waals surface area contributed by atoms with E-state index in [1.54, 1.807) is 6.07 Å². The summed E-state index contributed by atoms with van der Waals surface area (Å²) in [7, 11) is 0. The minimum absolute atomic E-state index is 0.108. The van der Waals surface area contributed by atoms with Crippen molar-refractivity contribution in [3.8, 4) is 0 Å². The Morgan fingerprint density at radius 1 is 1.38 bits per heavy atom. The summed E-state index contributed by atoms with van der Waals surface area (Å²) in [4.78, 5) is 21.3. The number of rotatable bonds is 3. The van der Waals surface area contributed by atoms with Gasteiger partial charge in [0.15, 0.2) is 5.16 Å². The molecular weight excluding hydrogens is 307 g/mol. The van der Waals surface area contributed by atoms with Crippen LogP contribution in [0.25, 0.3) is 10.2 Å². The van der Waals surface area contributed by atoms with Gasteiger partial charge in [0.1, 0.15) is 10.6 Å². The molecule has 0 saturated carbocycles. The van der Waals surface area contributed by atoms with Crippen molar-refractivity contribution >= 4 is 33.3 Å². The molecule has 21 heavy (non-hydrogen) atoms. The van der Waals surface area contributed by atoms with Crippen LogP contribution in [-0.2, 0) is 5.75 Å². The summed E-state index contributed by atoms with van der Waals surface area (Å²) in [5.41, 5.74) is 1.75. The van der Waals surface area contributed by atoms with Crippen molar-refractivity contribution in [2.45, 2.75) is 24.8 Å². The molecule has 0 aliphatic rings. The number of halogens is 1. The van der Waals surface area contributed by atoms with E-state index in [0.717, 1.165) is 20.8 Å². The molecule has 0 aliphatic carbocycles. The molecule has 0 radical (unpaired) electrons. The number of thioether (sulfide) groups is 1. The molecule has 6 heteroatoms. The number of benzene rings is 1. The number of fused-ring (bicyclic) bond motifs is 1. The summed E-state index contributed by atoms with van der Waals surface area (Å²) >= 11 is 2.93. The van der Waals surface area contributed by atoms with E-state index in [2.05, 4.69) is 9.97 Å². The number of aromatic nitrogens is 2. The zero-order chi connectivity index (χ0) is 15.0. The Hall–Kier alpha value is -1.66. The van der Waals surface area contributed by atoms with Crippen LogP contribution in [0.4, 0.5) is 4.39 Å². The molecule has 0 bridgehead atoms. The number of hydrogen-bond acceptors (Lipinski definition) is 4. The van der Waals surface area contributed by atoms with Crippen LogP contribution < -0.4 is 5.56 Å². The standard InChI is InChI=1S/C15H13FN2OS2/c1-8-9(2)21-14-12(8)13(19)17-15(18-14)20-7-10-4-3-5-11(16)6-10/h3-6H,7H2,1-2H3,(H,17,18,19). The van der Waals surface area contributed by atoms with Gasteiger partial charge in [0.2, 0.25) is 0 Å². The number of aromatic amines is 1. The highest BCUT2D eigenvalue weighted by Gasteiger charge is 2.12. The molecule has 3 aromatic rings. The van der Waals surface area contributed by atoms with Gasteiger partial charge >= 0.3 is 0 Å². The van der Waals surface area contributed by atoms with Gasteiger partial charge in [-0.05, 0) is 37.1 Å². The minimum atomic E-state index is -0.255. The van der Waals surface area contributed by atoms with E-state index in [4.69, 9.17) is 0 Å². The average Bonchev–Trinajstić information content (AvgIpc) is 2.72. The molecule has 3 rings (SSSR count). The van der Waals surface area contributed by atoms with E-state index in [9.17, 15) is 9.18 Å². The van der Waals surface area contributed by atoms with Gasteiger partial charge in [-0.3, -0.25) is 4.79 Å². The van der Waals surface area contributed by atoms with E-state index in [-0.39, 0.29) is 11.4 Å². The van der Waals surface area contributed by atoms with Gasteiger partial charge in [0, 0.05) is 10.6 Å². The smallest absolute Gasteiger partial charge is 0.260 e. The van der Waals surface area contributed by atoms with Gasteiger partial charge in [-0.1, -0.05) is 23.9 Å². The lowest BCUT2D eigenvalue weighted by Gasteiger charge is -2.02. The van der Waals surface area contributed by atoms with Crippen molar-refractivity contribution < 1.29 is 4.39 Å². The summed E-state index contributed by atoms with van der Waals surface area (Å²) in [6.45, 7) is 3.92. The largest absolute Gasteiger partial charge is 0.301 e. The number of nitrogens with one attached hydrogen (secondary N) is 1. The van der Waals surface area contributed by atoms with E-state index in [0.29, 0.717) is 16.3 Å². The van der Waals surface area contributed by atoms with Crippen molar-refractivity contribution in [3.63, 3.8) is 0 Å². The number of H-pyrrole nitrogens is 1. The Labute approximate surface area is 129 Å². The molecule has 2 aromatic heterocycles. The molecule has 0 spiro atoms. The summed E-state index contributed by atoms with van der Waals surface area (Å²) in [6.07, 6.45) is 0. The topological polar surface area (TPSA) is 45.8 Å². The summed E-state index contributed by atoms with van der Waals surface area (Å²) in [5.74, 6) is 0.310. The third-order valence-electron chi connectivity index (χ3n) is 3.28. The molecule has 0 aliphatic heterocycles. The van der Waals surface area contributed by atoms with Gasteiger partial charge in [0.25, 0.3) is 5.56 Å². The fourth-order valence-corrected chi connectivity index (χ4v) is 3.97. The highest BCUT2D eigenvalue weighted by atomic mass is 32.2. The zero-order valence-electron chi connectivity index (χ0n) is 11.6. The molecule has 2 heterocycles. The van der Waals surface area contributed by atoms with Crippen LogP contribution in [0.2, 0.25) is 0 Å². The monoisotopic (exact) mass is 320 g/mol. The van der Waals surface area contributed by atoms with Gasteiger partial charge in [0.05, 0.1) is 5.39 Å². The first-order valence-corrected chi connectivity index (χ1v) is 8.22. The van der Waals surface area contributed by atoms with Crippen LogP contribution in [0.15, 0.2) is 34.2 Å². The molecule has 0 saturated heterocycles. The molecule has 1 N–H and O–H groups in total. The Morgan fingerprint density at radius 3 is 2.95 bits per heavy atom. The highest BCUT2D eigenvalue weighted by molar-refractivity contribution is 7.98. The molecule has 0 fully saturated rings. The quantitative estimate of drug-likeness (QED) is 0.585. The maximum absolute atomic E-state index is 13.1. The molecule has 1 aromatic carbocycles. The minimum Gasteiger partial charge on any atom is -0.301 e. The van der Waals surface area contributed by atoms with Crippen molar-refractivity contribution in [2.24, 2.45) is 0 Å². The maximum atomic E-state index is 13.1. The first-order chi connectivity index (χ1) is 10.0. The van der Waals surface area contributed by atoms with Crippen LogP contribution in [0.3, 0.4) is 0 Å². The first-order valence-electron chi connectivity index (χ1n) is 6.42. The van der Waals surface area contributed by atoms with E-state index in [1.807, 2.05) is 19.9 Å². The molecule has 0 amide bonds. The van der Waals surface area contributed by atoms with Crippen LogP contribution in [0, 0.1) is 19.7 Å². The summed E-state index contributed by atoms with van der Waals surface area (Å²) in [5, 5.41) is 1.24. The fraction of sp³-hybridized carbons (Fsp3) is 0.200. The number of nitrogens with zero attached hydrogens (tertiary/aromatic N) is 1. The predicted molar refractivity (Wildman–Crippen MR) is 85.7 cm³/mol. The molecular formula is C15H13FN2OS2. The number of thiophene rings is 1. The van der Waals surface area contributed by atoms with Gasteiger partial charge in [-0.2, -0.15) is 0 Å². The lowest BCUT2D eigenvalue weighted by Crippen LogP contribution is -2.08.